The van der Waals surface area contributed by atoms with Crippen molar-refractivity contribution in [2.75, 3.05) is 29.9 Å². The lowest BCUT2D eigenvalue weighted by atomic mass is 9.97. The van der Waals surface area contributed by atoms with E-state index >= 15 is 0 Å². The lowest BCUT2D eigenvalue weighted by molar-refractivity contribution is -0.152. The van der Waals surface area contributed by atoms with Gasteiger partial charge in [-0.25, -0.2) is 4.79 Å². The summed E-state index contributed by atoms with van der Waals surface area (Å²) in [6.45, 7) is 5.19. The van der Waals surface area contributed by atoms with Gasteiger partial charge in [0.1, 0.15) is 6.04 Å². The first-order valence-corrected chi connectivity index (χ1v) is 11.7. The molecule has 0 bridgehead atoms. The predicted molar refractivity (Wildman–Crippen MR) is 128 cm³/mol. The van der Waals surface area contributed by atoms with E-state index in [2.05, 4.69) is 10.2 Å². The highest BCUT2D eigenvalue weighted by Gasteiger charge is 2.45. The van der Waals surface area contributed by atoms with E-state index in [1.165, 1.54) is 12.8 Å². The van der Waals surface area contributed by atoms with E-state index in [-0.39, 0.29) is 17.0 Å². The molecule has 0 spiro atoms. The normalized spacial score (nSPS) is 16.9. The SMILES string of the molecule is CC[C@H](C)[C@@H](C(=O)OCC(=O)Nc1ccc(N2CCCC2)cc1)N1C(=O)c2ccccc2C1=O. The van der Waals surface area contributed by atoms with Crippen molar-refractivity contribution in [3.05, 3.63) is 59.7 Å². The highest BCUT2D eigenvalue weighted by molar-refractivity contribution is 6.22. The number of imide groups is 1. The summed E-state index contributed by atoms with van der Waals surface area (Å²) < 4.78 is 5.27. The minimum absolute atomic E-state index is 0.267. The van der Waals surface area contributed by atoms with Gasteiger partial charge in [-0.1, -0.05) is 32.4 Å². The maximum Gasteiger partial charge on any atom is 0.330 e. The number of anilines is 2. The quantitative estimate of drug-likeness (QED) is 0.476. The molecule has 0 aliphatic carbocycles. The Bertz CT molecular complexity index is 1060. The first kappa shape index (κ1) is 23.5. The minimum Gasteiger partial charge on any atom is -0.454 e. The van der Waals surface area contributed by atoms with Gasteiger partial charge in [-0.05, 0) is 55.2 Å². The molecule has 8 heteroatoms. The second kappa shape index (κ2) is 10.1. The van der Waals surface area contributed by atoms with Crippen molar-refractivity contribution >= 4 is 35.1 Å². The number of hydrogen-bond acceptors (Lipinski definition) is 6. The van der Waals surface area contributed by atoms with Crippen LogP contribution in [0.3, 0.4) is 0 Å². The molecule has 1 N–H and O–H groups in total. The number of benzene rings is 2. The van der Waals surface area contributed by atoms with Gasteiger partial charge in [-0.3, -0.25) is 19.3 Å². The molecule has 34 heavy (non-hydrogen) atoms. The van der Waals surface area contributed by atoms with Crippen LogP contribution >= 0.6 is 0 Å². The number of fused-ring (bicyclic) bond motifs is 1. The Morgan fingerprint density at radius 3 is 2.12 bits per heavy atom. The average Bonchev–Trinajstić information content (AvgIpc) is 3.47. The fourth-order valence-corrected chi connectivity index (χ4v) is 4.43. The number of carbonyl (C=O) groups excluding carboxylic acids is 4. The van der Waals surface area contributed by atoms with Gasteiger partial charge in [0.25, 0.3) is 17.7 Å². The summed E-state index contributed by atoms with van der Waals surface area (Å²) in [4.78, 5) is 54.4. The Hall–Kier alpha value is -3.68. The van der Waals surface area contributed by atoms with Gasteiger partial charge in [-0.2, -0.15) is 0 Å². The summed E-state index contributed by atoms with van der Waals surface area (Å²) in [5, 5.41) is 2.72. The third kappa shape index (κ3) is 4.66. The molecular formula is C26H29N3O5. The Morgan fingerprint density at radius 1 is 0.971 bits per heavy atom. The molecule has 0 radical (unpaired) electrons. The van der Waals surface area contributed by atoms with Crippen molar-refractivity contribution in [2.24, 2.45) is 5.92 Å². The van der Waals surface area contributed by atoms with Crippen LogP contribution in [0.2, 0.25) is 0 Å². The van der Waals surface area contributed by atoms with Gasteiger partial charge in [0.15, 0.2) is 6.61 Å². The molecule has 2 aromatic carbocycles. The zero-order valence-electron chi connectivity index (χ0n) is 19.5. The maximum atomic E-state index is 13.0. The Morgan fingerprint density at radius 2 is 1.56 bits per heavy atom. The molecule has 1 fully saturated rings. The molecule has 0 aromatic heterocycles. The monoisotopic (exact) mass is 463 g/mol. The average molecular weight is 464 g/mol. The number of amides is 3. The first-order chi connectivity index (χ1) is 16.4. The summed E-state index contributed by atoms with van der Waals surface area (Å²) in [6, 6.07) is 12.9. The Labute approximate surface area is 198 Å². The van der Waals surface area contributed by atoms with E-state index in [9.17, 15) is 19.2 Å². The van der Waals surface area contributed by atoms with E-state index < -0.39 is 36.3 Å². The lowest BCUT2D eigenvalue weighted by Gasteiger charge is -2.28. The van der Waals surface area contributed by atoms with Crippen LogP contribution in [0.25, 0.3) is 0 Å². The second-order valence-electron chi connectivity index (χ2n) is 8.75. The van der Waals surface area contributed by atoms with Crippen LogP contribution < -0.4 is 10.2 Å². The first-order valence-electron chi connectivity index (χ1n) is 11.7. The Kier molecular flexibility index (Phi) is 6.95. The number of nitrogens with one attached hydrogen (secondary N) is 1. The highest BCUT2D eigenvalue weighted by atomic mass is 16.5. The zero-order valence-corrected chi connectivity index (χ0v) is 19.5. The van der Waals surface area contributed by atoms with Crippen molar-refractivity contribution in [1.29, 1.82) is 0 Å². The van der Waals surface area contributed by atoms with Gasteiger partial charge >= 0.3 is 5.97 Å². The van der Waals surface area contributed by atoms with Gasteiger partial charge in [0.2, 0.25) is 0 Å². The summed E-state index contributed by atoms with van der Waals surface area (Å²) in [7, 11) is 0. The third-order valence-electron chi connectivity index (χ3n) is 6.50. The second-order valence-corrected chi connectivity index (χ2v) is 8.75. The number of ether oxygens (including phenoxy) is 1. The number of hydrogen-bond donors (Lipinski definition) is 1. The fourth-order valence-electron chi connectivity index (χ4n) is 4.43. The molecule has 8 nitrogen and oxygen atoms in total. The molecule has 178 valence electrons. The van der Waals surface area contributed by atoms with Gasteiger partial charge in [0.05, 0.1) is 11.1 Å². The van der Waals surface area contributed by atoms with Gasteiger partial charge in [0, 0.05) is 24.5 Å². The molecule has 2 aromatic rings. The molecule has 1 saturated heterocycles. The van der Waals surface area contributed by atoms with Crippen molar-refractivity contribution < 1.29 is 23.9 Å². The Balaban J connectivity index is 1.38. The number of esters is 1. The van der Waals surface area contributed by atoms with Crippen LogP contribution in [0, 0.1) is 5.92 Å². The molecule has 2 aliphatic rings. The van der Waals surface area contributed by atoms with Gasteiger partial charge in [-0.15, -0.1) is 0 Å². The van der Waals surface area contributed by atoms with Crippen LogP contribution in [0.5, 0.6) is 0 Å². The molecule has 2 heterocycles. The van der Waals surface area contributed by atoms with Crippen LogP contribution in [0.15, 0.2) is 48.5 Å². The molecule has 2 aliphatic heterocycles. The van der Waals surface area contributed by atoms with Crippen LogP contribution in [0.1, 0.15) is 53.8 Å². The van der Waals surface area contributed by atoms with Gasteiger partial charge < -0.3 is 15.0 Å². The van der Waals surface area contributed by atoms with Crippen LogP contribution in [-0.4, -0.2) is 54.3 Å². The summed E-state index contributed by atoms with van der Waals surface area (Å²) in [5.41, 5.74) is 2.24. The number of carbonyl (C=O) groups is 4. The predicted octanol–water partition coefficient (Wildman–Crippen LogP) is 3.48. The van der Waals surface area contributed by atoms with Crippen LogP contribution in [-0.2, 0) is 14.3 Å². The molecule has 2 atom stereocenters. The van der Waals surface area contributed by atoms with E-state index in [4.69, 9.17) is 4.74 Å². The van der Waals surface area contributed by atoms with Crippen molar-refractivity contribution in [1.82, 2.24) is 4.90 Å². The smallest absolute Gasteiger partial charge is 0.330 e. The molecule has 3 amide bonds. The topological polar surface area (TPSA) is 96.0 Å². The fraction of sp³-hybridized carbons (Fsp3) is 0.385. The summed E-state index contributed by atoms with van der Waals surface area (Å²) >= 11 is 0. The number of rotatable bonds is 8. The zero-order chi connectivity index (χ0) is 24.2. The summed E-state index contributed by atoms with van der Waals surface area (Å²) in [5.74, 6) is -2.65. The molecule has 0 unspecified atom stereocenters. The van der Waals surface area contributed by atoms with Crippen molar-refractivity contribution in [3.63, 3.8) is 0 Å². The lowest BCUT2D eigenvalue weighted by Crippen LogP contribution is -2.49. The molecule has 0 saturated carbocycles. The van der Waals surface area contributed by atoms with E-state index in [0.717, 1.165) is 23.7 Å². The standard InChI is InChI=1S/C26H29N3O5/c1-3-17(2)23(29-24(31)20-8-4-5-9-21(20)25(29)32)26(33)34-16-22(30)27-18-10-12-19(13-11-18)28-14-6-7-15-28/h4-5,8-13,17,23H,3,6-7,14-16H2,1-2H3,(H,27,30)/t17-,23-/m0/s1. The van der Waals surface area contributed by atoms with Crippen molar-refractivity contribution in [2.45, 2.75) is 39.2 Å². The van der Waals surface area contributed by atoms with E-state index in [1.54, 1.807) is 31.2 Å². The number of nitrogens with zero attached hydrogens (tertiary/aromatic N) is 2. The van der Waals surface area contributed by atoms with E-state index in [0.29, 0.717) is 12.1 Å². The van der Waals surface area contributed by atoms with Crippen LogP contribution in [0.4, 0.5) is 11.4 Å². The van der Waals surface area contributed by atoms with E-state index in [1.807, 2.05) is 31.2 Å². The largest absolute Gasteiger partial charge is 0.454 e. The summed E-state index contributed by atoms with van der Waals surface area (Å²) in [6.07, 6.45) is 2.91. The molecule has 4 rings (SSSR count). The molecular weight excluding hydrogens is 434 g/mol. The van der Waals surface area contributed by atoms with Crippen molar-refractivity contribution in [3.8, 4) is 0 Å². The highest BCUT2D eigenvalue weighted by Crippen LogP contribution is 2.29. The minimum atomic E-state index is -1.11. The maximum absolute atomic E-state index is 13.0. The third-order valence-corrected chi connectivity index (χ3v) is 6.50.